The Morgan fingerprint density at radius 1 is 0.485 bits per heavy atom. The van der Waals surface area contributed by atoms with Gasteiger partial charge in [-0.3, -0.25) is 0 Å². The molecule has 0 amide bonds. The summed E-state index contributed by atoms with van der Waals surface area (Å²) in [6.07, 6.45) is -7.65. The summed E-state index contributed by atoms with van der Waals surface area (Å²) in [6, 6.07) is 0.340. The zero-order chi connectivity index (χ0) is 26.9. The van der Waals surface area contributed by atoms with E-state index < -0.39 is 64.0 Å². The van der Waals surface area contributed by atoms with Crippen molar-refractivity contribution in [2.45, 2.75) is 67.9 Å². The van der Waals surface area contributed by atoms with E-state index >= 15 is 0 Å². The van der Waals surface area contributed by atoms with Gasteiger partial charge >= 0.3 is 41.7 Å². The van der Waals surface area contributed by atoms with Gasteiger partial charge in [0.1, 0.15) is 5.75 Å². The molecule has 0 aliphatic heterocycles. The van der Waals surface area contributed by atoms with Gasteiger partial charge in [-0.05, 0) is 29.2 Å². The molecule has 0 aliphatic rings. The number of halogens is 15. The summed E-state index contributed by atoms with van der Waals surface area (Å²) in [5, 5.41) is 9.42. The molecular weight excluding hydrogens is 505 g/mol. The molecule has 1 aromatic rings. The Morgan fingerprint density at radius 3 is 1.18 bits per heavy atom. The number of rotatable bonds is 6. The maximum atomic E-state index is 14.3. The first-order valence-electron chi connectivity index (χ1n) is 8.29. The standard InChI is InChI=1S/C17H13F15O/c1-10(2,3)7-4-8(6-9(33)5-7)11(18,19)12(20,21)13(22,23)14(24,25)15(26,27)16(28,29)17(30,31)32/h4-6,33H,1-3H3. The maximum Gasteiger partial charge on any atom is 0.460 e. The van der Waals surface area contributed by atoms with E-state index in [0.29, 0.717) is 6.07 Å². The number of hydrogen-bond acceptors (Lipinski definition) is 1. The van der Waals surface area contributed by atoms with Gasteiger partial charge in [0, 0.05) is 5.56 Å². The summed E-state index contributed by atoms with van der Waals surface area (Å²) in [5.74, 6) is -48.4. The third-order valence-electron chi connectivity index (χ3n) is 4.47. The highest BCUT2D eigenvalue weighted by Crippen LogP contribution is 2.63. The first kappa shape index (κ1) is 29.0. The van der Waals surface area contributed by atoms with Crippen LogP contribution in [0.25, 0.3) is 0 Å². The smallest absolute Gasteiger partial charge is 0.460 e. The van der Waals surface area contributed by atoms with Crippen LogP contribution in [-0.4, -0.2) is 40.9 Å². The van der Waals surface area contributed by atoms with Crippen LogP contribution in [0.3, 0.4) is 0 Å². The van der Waals surface area contributed by atoms with E-state index in [0.717, 1.165) is 0 Å². The molecule has 0 spiro atoms. The maximum absolute atomic E-state index is 14.3. The Labute approximate surface area is 175 Å². The van der Waals surface area contributed by atoms with Crippen molar-refractivity contribution >= 4 is 0 Å². The molecule has 0 radical (unpaired) electrons. The van der Waals surface area contributed by atoms with Crippen LogP contribution in [0.5, 0.6) is 5.75 Å². The highest BCUT2D eigenvalue weighted by atomic mass is 19.4. The van der Waals surface area contributed by atoms with Crippen molar-refractivity contribution in [2.75, 3.05) is 0 Å². The largest absolute Gasteiger partial charge is 0.508 e. The zero-order valence-electron chi connectivity index (χ0n) is 16.3. The molecule has 33 heavy (non-hydrogen) atoms. The molecule has 1 rings (SSSR count). The predicted molar refractivity (Wildman–Crippen MR) is 81.5 cm³/mol. The average molecular weight is 518 g/mol. The lowest BCUT2D eigenvalue weighted by Gasteiger charge is -2.41. The molecule has 0 fully saturated rings. The summed E-state index contributed by atoms with van der Waals surface area (Å²) in [5.41, 5.74) is -4.08. The second-order valence-electron chi connectivity index (χ2n) is 7.96. The fourth-order valence-electron chi connectivity index (χ4n) is 2.37. The Kier molecular flexibility index (Phi) is 6.58. The number of hydrogen-bond donors (Lipinski definition) is 1. The molecule has 0 bridgehead atoms. The Bertz CT molecular complexity index is 877. The number of aromatic hydroxyl groups is 1. The van der Waals surface area contributed by atoms with Crippen molar-refractivity contribution in [3.63, 3.8) is 0 Å². The van der Waals surface area contributed by atoms with Crippen LogP contribution in [-0.2, 0) is 11.3 Å². The van der Waals surface area contributed by atoms with E-state index in [1.165, 1.54) is 20.8 Å². The highest BCUT2D eigenvalue weighted by molar-refractivity contribution is 5.40. The Hall–Kier alpha value is -2.03. The molecular formula is C17H13F15O. The highest BCUT2D eigenvalue weighted by Gasteiger charge is 2.93. The minimum absolute atomic E-state index is 0.00428. The second-order valence-corrected chi connectivity index (χ2v) is 7.96. The van der Waals surface area contributed by atoms with Crippen molar-refractivity contribution in [2.24, 2.45) is 0 Å². The lowest BCUT2D eigenvalue weighted by atomic mass is 9.83. The third-order valence-corrected chi connectivity index (χ3v) is 4.47. The van der Waals surface area contributed by atoms with Crippen LogP contribution in [0.15, 0.2) is 18.2 Å². The van der Waals surface area contributed by atoms with Gasteiger partial charge in [0.2, 0.25) is 0 Å². The summed E-state index contributed by atoms with van der Waals surface area (Å²) in [6.45, 7) is 3.68. The van der Waals surface area contributed by atoms with Crippen LogP contribution in [0.2, 0.25) is 0 Å². The number of benzene rings is 1. The number of phenols is 1. The third kappa shape index (κ3) is 4.06. The first-order chi connectivity index (χ1) is 14.1. The van der Waals surface area contributed by atoms with Gasteiger partial charge in [0.05, 0.1) is 0 Å². The van der Waals surface area contributed by atoms with Crippen molar-refractivity contribution in [1.82, 2.24) is 0 Å². The summed E-state index contributed by atoms with van der Waals surface area (Å²) in [7, 11) is 0. The quantitative estimate of drug-likeness (QED) is 0.387. The van der Waals surface area contributed by atoms with E-state index in [1.54, 1.807) is 0 Å². The van der Waals surface area contributed by atoms with Crippen LogP contribution >= 0.6 is 0 Å². The lowest BCUT2D eigenvalue weighted by Crippen LogP contribution is -2.72. The second kappa shape index (κ2) is 7.48. The molecule has 0 aromatic heterocycles. The number of alkyl halides is 15. The monoisotopic (exact) mass is 518 g/mol. The van der Waals surface area contributed by atoms with Gasteiger partial charge in [-0.25, -0.2) is 0 Å². The van der Waals surface area contributed by atoms with Crippen LogP contribution in [0.1, 0.15) is 31.9 Å². The van der Waals surface area contributed by atoms with Crippen molar-refractivity contribution in [3.05, 3.63) is 29.3 Å². The molecule has 0 aliphatic carbocycles. The summed E-state index contributed by atoms with van der Waals surface area (Å²) < 4.78 is 200. The minimum atomic E-state index is -8.35. The summed E-state index contributed by atoms with van der Waals surface area (Å²) in [4.78, 5) is 0. The van der Waals surface area contributed by atoms with E-state index in [-0.39, 0.29) is 12.1 Å². The van der Waals surface area contributed by atoms with Gasteiger partial charge in [0.15, 0.2) is 0 Å². The first-order valence-corrected chi connectivity index (χ1v) is 8.29. The SMILES string of the molecule is CC(C)(C)c1cc(O)cc(C(F)(F)C(F)(F)C(F)(F)C(F)(F)C(F)(F)C(F)(F)C(F)(F)F)c1. The molecule has 0 saturated heterocycles. The Morgan fingerprint density at radius 2 is 0.818 bits per heavy atom. The minimum Gasteiger partial charge on any atom is -0.508 e. The zero-order valence-corrected chi connectivity index (χ0v) is 16.3. The molecule has 1 aromatic carbocycles. The molecule has 1 N–H and O–H groups in total. The molecule has 0 heterocycles. The van der Waals surface area contributed by atoms with Gasteiger partial charge in [-0.2, -0.15) is 65.9 Å². The summed E-state index contributed by atoms with van der Waals surface area (Å²) >= 11 is 0. The van der Waals surface area contributed by atoms with Gasteiger partial charge in [-0.1, -0.05) is 20.8 Å². The van der Waals surface area contributed by atoms with Crippen LogP contribution in [0.4, 0.5) is 65.9 Å². The fourth-order valence-corrected chi connectivity index (χ4v) is 2.37. The van der Waals surface area contributed by atoms with Crippen molar-refractivity contribution in [1.29, 1.82) is 0 Å². The molecule has 0 atom stereocenters. The average Bonchev–Trinajstić information content (AvgIpc) is 2.58. The van der Waals surface area contributed by atoms with E-state index in [9.17, 15) is 71.0 Å². The van der Waals surface area contributed by atoms with Gasteiger partial charge in [0.25, 0.3) is 0 Å². The normalized spacial score (nSPS) is 15.7. The van der Waals surface area contributed by atoms with E-state index in [2.05, 4.69) is 0 Å². The molecule has 1 nitrogen and oxygen atoms in total. The topological polar surface area (TPSA) is 20.2 Å². The van der Waals surface area contributed by atoms with E-state index in [1.807, 2.05) is 0 Å². The molecule has 16 heteroatoms. The van der Waals surface area contributed by atoms with Gasteiger partial charge in [-0.15, -0.1) is 0 Å². The van der Waals surface area contributed by atoms with Crippen LogP contribution in [0, 0.1) is 0 Å². The number of phenolic OH excluding ortho intramolecular Hbond substituents is 1. The van der Waals surface area contributed by atoms with Gasteiger partial charge < -0.3 is 5.11 Å². The molecule has 192 valence electrons. The molecule has 0 unspecified atom stereocenters. The molecule has 0 saturated carbocycles. The van der Waals surface area contributed by atoms with E-state index in [4.69, 9.17) is 0 Å². The Balaban J connectivity index is 3.77. The predicted octanol–water partition coefficient (Wildman–Crippen LogP) is 7.52. The van der Waals surface area contributed by atoms with Crippen molar-refractivity contribution < 1.29 is 71.0 Å². The lowest BCUT2D eigenvalue weighted by molar-refractivity contribution is -0.453. The van der Waals surface area contributed by atoms with Crippen molar-refractivity contribution in [3.8, 4) is 5.75 Å². The fraction of sp³-hybridized carbons (Fsp3) is 0.647. The van der Waals surface area contributed by atoms with Crippen LogP contribution < -0.4 is 0 Å².